The molecule has 1 aromatic heterocycles. The number of alkyl halides is 3. The molecular formula is C14H12F3N3S. The molecule has 0 atom stereocenters. The largest absolute Gasteiger partial charge is 0.433 e. The lowest BCUT2D eigenvalue weighted by Crippen LogP contribution is -2.15. The summed E-state index contributed by atoms with van der Waals surface area (Å²) in [7, 11) is 0. The van der Waals surface area contributed by atoms with Crippen LogP contribution in [0.5, 0.6) is 0 Å². The van der Waals surface area contributed by atoms with Gasteiger partial charge in [0.15, 0.2) is 5.69 Å². The molecule has 0 radical (unpaired) electrons. The zero-order valence-corrected chi connectivity index (χ0v) is 11.8. The van der Waals surface area contributed by atoms with Crippen molar-refractivity contribution >= 4 is 11.8 Å². The summed E-state index contributed by atoms with van der Waals surface area (Å²) in [6.45, 7) is 0.542. The molecule has 0 fully saturated rings. The third kappa shape index (κ3) is 3.19. The normalized spacial score (nSPS) is 14.2. The summed E-state index contributed by atoms with van der Waals surface area (Å²) >= 11 is 1.43. The van der Waals surface area contributed by atoms with E-state index in [0.29, 0.717) is 18.0 Å². The molecule has 0 aliphatic carbocycles. The van der Waals surface area contributed by atoms with E-state index in [4.69, 9.17) is 0 Å². The summed E-state index contributed by atoms with van der Waals surface area (Å²) in [5, 5.41) is 2.89. The molecule has 2 aromatic rings. The van der Waals surface area contributed by atoms with E-state index in [0.717, 1.165) is 4.90 Å². The Morgan fingerprint density at radius 1 is 1.10 bits per heavy atom. The number of halogens is 3. The van der Waals surface area contributed by atoms with E-state index in [1.54, 1.807) is 0 Å². The SMILES string of the molecule is FC(F)(F)c1nc(CSc2ccccc2)nc2c1CNC2. The monoisotopic (exact) mass is 311 g/mol. The molecule has 0 amide bonds. The molecular weight excluding hydrogens is 299 g/mol. The van der Waals surface area contributed by atoms with Gasteiger partial charge in [0, 0.05) is 23.5 Å². The zero-order valence-electron chi connectivity index (χ0n) is 10.9. The zero-order chi connectivity index (χ0) is 14.9. The molecule has 1 aliphatic rings. The maximum absolute atomic E-state index is 13.1. The number of aromatic nitrogens is 2. The highest BCUT2D eigenvalue weighted by atomic mass is 32.2. The number of fused-ring (bicyclic) bond motifs is 1. The first-order valence-electron chi connectivity index (χ1n) is 6.38. The van der Waals surface area contributed by atoms with E-state index in [-0.39, 0.29) is 17.9 Å². The Kier molecular flexibility index (Phi) is 3.86. The van der Waals surface area contributed by atoms with E-state index in [2.05, 4.69) is 15.3 Å². The van der Waals surface area contributed by atoms with Crippen molar-refractivity contribution in [2.75, 3.05) is 0 Å². The van der Waals surface area contributed by atoms with Gasteiger partial charge in [-0.1, -0.05) is 18.2 Å². The van der Waals surface area contributed by atoms with Gasteiger partial charge in [-0.25, -0.2) is 9.97 Å². The second kappa shape index (κ2) is 5.65. The number of nitrogens with one attached hydrogen (secondary N) is 1. The van der Waals surface area contributed by atoms with Crippen molar-refractivity contribution in [2.45, 2.75) is 29.9 Å². The predicted molar refractivity (Wildman–Crippen MR) is 73.6 cm³/mol. The Balaban J connectivity index is 1.86. The van der Waals surface area contributed by atoms with Crippen molar-refractivity contribution in [1.82, 2.24) is 15.3 Å². The highest BCUT2D eigenvalue weighted by Gasteiger charge is 2.38. The van der Waals surface area contributed by atoms with Crippen LogP contribution >= 0.6 is 11.8 Å². The lowest BCUT2D eigenvalue weighted by molar-refractivity contribution is -0.142. The van der Waals surface area contributed by atoms with Gasteiger partial charge in [-0.3, -0.25) is 0 Å². The maximum atomic E-state index is 13.1. The topological polar surface area (TPSA) is 37.8 Å². The van der Waals surface area contributed by atoms with Gasteiger partial charge in [-0.2, -0.15) is 13.2 Å². The summed E-state index contributed by atoms with van der Waals surface area (Å²) in [6.07, 6.45) is -4.44. The summed E-state index contributed by atoms with van der Waals surface area (Å²) in [5.74, 6) is 0.541. The first-order chi connectivity index (χ1) is 10.0. The fourth-order valence-electron chi connectivity index (χ4n) is 2.18. The average Bonchev–Trinajstić information content (AvgIpc) is 2.92. The molecule has 0 spiro atoms. The van der Waals surface area contributed by atoms with Gasteiger partial charge in [-0.05, 0) is 12.1 Å². The van der Waals surface area contributed by atoms with Gasteiger partial charge in [-0.15, -0.1) is 11.8 Å². The molecule has 1 N–H and O–H groups in total. The van der Waals surface area contributed by atoms with E-state index >= 15 is 0 Å². The number of hydrogen-bond acceptors (Lipinski definition) is 4. The van der Waals surface area contributed by atoms with Crippen LogP contribution in [0, 0.1) is 0 Å². The van der Waals surface area contributed by atoms with E-state index in [9.17, 15) is 13.2 Å². The summed E-state index contributed by atoms with van der Waals surface area (Å²) in [5.41, 5.74) is -0.168. The number of nitrogens with zero attached hydrogens (tertiary/aromatic N) is 2. The Hall–Kier alpha value is -1.60. The molecule has 3 nitrogen and oxygen atoms in total. The van der Waals surface area contributed by atoms with Gasteiger partial charge in [0.25, 0.3) is 0 Å². The van der Waals surface area contributed by atoms with Crippen molar-refractivity contribution < 1.29 is 13.2 Å². The summed E-state index contributed by atoms with van der Waals surface area (Å²) in [6, 6.07) is 9.48. The van der Waals surface area contributed by atoms with Crippen LogP contribution in [0.15, 0.2) is 35.2 Å². The lowest BCUT2D eigenvalue weighted by atomic mass is 10.2. The van der Waals surface area contributed by atoms with Crippen molar-refractivity contribution in [2.24, 2.45) is 0 Å². The molecule has 1 aliphatic heterocycles. The number of benzene rings is 1. The molecule has 0 saturated heterocycles. The van der Waals surface area contributed by atoms with E-state index < -0.39 is 11.9 Å². The molecule has 0 unspecified atom stereocenters. The smallest absolute Gasteiger partial charge is 0.307 e. The van der Waals surface area contributed by atoms with E-state index in [1.165, 1.54) is 11.8 Å². The van der Waals surface area contributed by atoms with Crippen LogP contribution in [0.25, 0.3) is 0 Å². The minimum atomic E-state index is -4.44. The van der Waals surface area contributed by atoms with Crippen molar-refractivity contribution in [3.8, 4) is 0 Å². The van der Waals surface area contributed by atoms with Gasteiger partial charge < -0.3 is 5.32 Å². The molecule has 21 heavy (non-hydrogen) atoms. The highest BCUT2D eigenvalue weighted by Crippen LogP contribution is 2.33. The average molecular weight is 311 g/mol. The first-order valence-corrected chi connectivity index (χ1v) is 7.37. The van der Waals surface area contributed by atoms with Crippen LogP contribution in [-0.2, 0) is 25.0 Å². The minimum Gasteiger partial charge on any atom is -0.307 e. The molecule has 1 aromatic carbocycles. The van der Waals surface area contributed by atoms with Crippen molar-refractivity contribution in [1.29, 1.82) is 0 Å². The van der Waals surface area contributed by atoms with Crippen LogP contribution in [0.2, 0.25) is 0 Å². The van der Waals surface area contributed by atoms with Crippen LogP contribution < -0.4 is 5.32 Å². The molecule has 3 rings (SSSR count). The predicted octanol–water partition coefficient (Wildman–Crippen LogP) is 3.39. The van der Waals surface area contributed by atoms with Gasteiger partial charge >= 0.3 is 6.18 Å². The number of thioether (sulfide) groups is 1. The van der Waals surface area contributed by atoms with Crippen LogP contribution in [0.4, 0.5) is 13.2 Å². The van der Waals surface area contributed by atoms with Crippen LogP contribution in [0.1, 0.15) is 22.8 Å². The molecule has 2 heterocycles. The molecule has 110 valence electrons. The van der Waals surface area contributed by atoms with Crippen LogP contribution in [-0.4, -0.2) is 9.97 Å². The third-order valence-corrected chi connectivity index (χ3v) is 4.12. The second-order valence-electron chi connectivity index (χ2n) is 4.62. The Labute approximate surface area is 124 Å². The number of rotatable bonds is 3. The molecule has 7 heteroatoms. The van der Waals surface area contributed by atoms with Gasteiger partial charge in [0.2, 0.25) is 0 Å². The quantitative estimate of drug-likeness (QED) is 0.882. The maximum Gasteiger partial charge on any atom is 0.433 e. The first kappa shape index (κ1) is 14.3. The Bertz CT molecular complexity index is 644. The van der Waals surface area contributed by atoms with Gasteiger partial charge in [0.1, 0.15) is 5.82 Å². The van der Waals surface area contributed by atoms with E-state index in [1.807, 2.05) is 30.3 Å². The lowest BCUT2D eigenvalue weighted by Gasteiger charge is -2.12. The Morgan fingerprint density at radius 3 is 2.57 bits per heavy atom. The third-order valence-electron chi connectivity index (χ3n) is 3.11. The van der Waals surface area contributed by atoms with Gasteiger partial charge in [0.05, 0.1) is 11.4 Å². The van der Waals surface area contributed by atoms with Crippen LogP contribution in [0.3, 0.4) is 0 Å². The van der Waals surface area contributed by atoms with Crippen molar-refractivity contribution in [3.05, 3.63) is 53.1 Å². The Morgan fingerprint density at radius 2 is 1.86 bits per heavy atom. The number of hydrogen-bond donors (Lipinski definition) is 1. The molecule has 0 saturated carbocycles. The highest BCUT2D eigenvalue weighted by molar-refractivity contribution is 7.98. The molecule has 0 bridgehead atoms. The minimum absolute atomic E-state index is 0.177. The second-order valence-corrected chi connectivity index (χ2v) is 5.67. The standard InChI is InChI=1S/C14H12F3N3S/c15-14(16,17)13-10-6-18-7-11(10)19-12(20-13)8-21-9-4-2-1-3-5-9/h1-5,18H,6-8H2. The fraction of sp³-hybridized carbons (Fsp3) is 0.286. The fourth-order valence-corrected chi connectivity index (χ4v) is 2.96. The summed E-state index contributed by atoms with van der Waals surface area (Å²) < 4.78 is 39.2. The summed E-state index contributed by atoms with van der Waals surface area (Å²) in [4.78, 5) is 8.96. The van der Waals surface area contributed by atoms with Crippen molar-refractivity contribution in [3.63, 3.8) is 0 Å².